The molecule has 0 radical (unpaired) electrons. The second kappa shape index (κ2) is 11.3. The molecule has 3 aromatic rings. The zero-order valence-corrected chi connectivity index (χ0v) is 20.9. The van der Waals surface area contributed by atoms with E-state index < -0.39 is 17.3 Å². The maximum absolute atomic E-state index is 11.1. The zero-order valence-electron chi connectivity index (χ0n) is 19.4. The largest absolute Gasteiger partial charge is 0.470 e. The standard InChI is InChI=1S/C25H28Cl2N4O4/c1-17(32)14-24(30-16-23(31(33)34)28-25(30)27)35-22-8-6-21(7-9-22)29-12-10-19(11-13-29)15-18-2-4-20(26)5-3-18/h2-9,16-17,19,24,32H,10-15H2,1H3. The average molecular weight is 519 g/mol. The molecule has 2 heterocycles. The van der Waals surface area contributed by atoms with Crippen molar-refractivity contribution >= 4 is 34.7 Å². The van der Waals surface area contributed by atoms with Gasteiger partial charge in [0.2, 0.25) is 0 Å². The van der Waals surface area contributed by atoms with Crippen LogP contribution in [0.15, 0.2) is 54.7 Å². The third-order valence-corrected chi connectivity index (χ3v) is 6.77. The van der Waals surface area contributed by atoms with Gasteiger partial charge in [0.1, 0.15) is 11.9 Å². The first kappa shape index (κ1) is 25.3. The Labute approximate surface area is 214 Å². The lowest BCUT2D eigenvalue weighted by Gasteiger charge is -2.34. The fraction of sp³-hybridized carbons (Fsp3) is 0.400. The topological polar surface area (TPSA) is 93.7 Å². The van der Waals surface area contributed by atoms with E-state index in [1.165, 1.54) is 16.3 Å². The molecule has 2 atom stereocenters. The number of anilines is 1. The summed E-state index contributed by atoms with van der Waals surface area (Å²) in [5.74, 6) is 0.855. The second-order valence-electron chi connectivity index (χ2n) is 8.94. The number of imidazole rings is 1. The smallest absolute Gasteiger partial charge is 0.383 e. The normalized spacial score (nSPS) is 16.2. The second-order valence-corrected chi connectivity index (χ2v) is 9.72. The van der Waals surface area contributed by atoms with Crippen molar-refractivity contribution in [1.82, 2.24) is 9.55 Å². The first-order valence-electron chi connectivity index (χ1n) is 11.6. The zero-order chi connectivity index (χ0) is 24.9. The Hall–Kier alpha value is -2.81. The highest BCUT2D eigenvalue weighted by molar-refractivity contribution is 6.30. The summed E-state index contributed by atoms with van der Waals surface area (Å²) in [4.78, 5) is 16.6. The maximum Gasteiger partial charge on any atom is 0.383 e. The number of halogens is 2. The number of nitro groups is 1. The van der Waals surface area contributed by atoms with Gasteiger partial charge in [-0.2, -0.15) is 0 Å². The minimum Gasteiger partial charge on any atom is -0.470 e. The van der Waals surface area contributed by atoms with Crippen molar-refractivity contribution < 1.29 is 14.8 Å². The Kier molecular flexibility index (Phi) is 8.15. The molecule has 4 rings (SSSR count). The van der Waals surface area contributed by atoms with E-state index in [-0.39, 0.29) is 17.5 Å². The lowest BCUT2D eigenvalue weighted by atomic mass is 9.90. The number of piperidine rings is 1. The monoisotopic (exact) mass is 518 g/mol. The van der Waals surface area contributed by atoms with E-state index in [2.05, 4.69) is 22.0 Å². The van der Waals surface area contributed by atoms with Gasteiger partial charge in [0.15, 0.2) is 6.23 Å². The molecule has 0 amide bonds. The van der Waals surface area contributed by atoms with Crippen LogP contribution < -0.4 is 9.64 Å². The van der Waals surface area contributed by atoms with E-state index in [0.717, 1.165) is 43.1 Å². The van der Waals surface area contributed by atoms with Gasteiger partial charge in [0, 0.05) is 30.2 Å². The van der Waals surface area contributed by atoms with Crippen molar-refractivity contribution in [1.29, 1.82) is 0 Å². The summed E-state index contributed by atoms with van der Waals surface area (Å²) in [7, 11) is 0. The molecule has 2 unspecified atom stereocenters. The van der Waals surface area contributed by atoms with E-state index in [1.807, 2.05) is 36.4 Å². The molecule has 35 heavy (non-hydrogen) atoms. The van der Waals surface area contributed by atoms with Crippen LogP contribution in [0.1, 0.15) is 38.0 Å². The van der Waals surface area contributed by atoms with Gasteiger partial charge in [-0.25, -0.2) is 0 Å². The molecule has 186 valence electrons. The van der Waals surface area contributed by atoms with Crippen molar-refractivity contribution in [2.45, 2.75) is 44.9 Å². The van der Waals surface area contributed by atoms with E-state index in [9.17, 15) is 15.2 Å². The molecule has 0 bridgehead atoms. The molecule has 1 aliphatic heterocycles. The summed E-state index contributed by atoms with van der Waals surface area (Å²) in [5, 5.41) is 21.7. The van der Waals surface area contributed by atoms with Crippen LogP contribution in [0.3, 0.4) is 0 Å². The third-order valence-electron chi connectivity index (χ3n) is 6.24. The highest BCUT2D eigenvalue weighted by Crippen LogP contribution is 2.30. The van der Waals surface area contributed by atoms with Gasteiger partial charge in [-0.05, 0) is 95.6 Å². The fourth-order valence-corrected chi connectivity index (χ4v) is 4.77. The molecule has 1 N–H and O–H groups in total. The number of aromatic nitrogens is 2. The van der Waals surface area contributed by atoms with Gasteiger partial charge >= 0.3 is 11.1 Å². The van der Waals surface area contributed by atoms with E-state index in [4.69, 9.17) is 27.9 Å². The lowest BCUT2D eigenvalue weighted by molar-refractivity contribution is -0.389. The number of aliphatic hydroxyl groups excluding tert-OH is 1. The molecule has 10 heteroatoms. The molecule has 1 aliphatic rings. The average Bonchev–Trinajstić information content (AvgIpc) is 3.23. The summed E-state index contributed by atoms with van der Waals surface area (Å²) >= 11 is 12.1. The van der Waals surface area contributed by atoms with Gasteiger partial charge in [-0.1, -0.05) is 23.7 Å². The first-order valence-corrected chi connectivity index (χ1v) is 12.4. The summed E-state index contributed by atoms with van der Waals surface area (Å²) in [6, 6.07) is 15.8. The molecular formula is C25H28Cl2N4O4. The Morgan fingerprint density at radius 1 is 1.14 bits per heavy atom. The summed E-state index contributed by atoms with van der Waals surface area (Å²) in [5.41, 5.74) is 2.44. The van der Waals surface area contributed by atoms with Gasteiger partial charge in [-0.3, -0.25) is 4.57 Å². The predicted octanol–water partition coefficient (Wildman–Crippen LogP) is 5.91. The number of hydrogen-bond donors (Lipinski definition) is 1. The first-order chi connectivity index (χ1) is 16.8. The van der Waals surface area contributed by atoms with Crippen LogP contribution in [0.2, 0.25) is 10.3 Å². The highest BCUT2D eigenvalue weighted by Gasteiger charge is 2.26. The Morgan fingerprint density at radius 2 is 1.80 bits per heavy atom. The summed E-state index contributed by atoms with van der Waals surface area (Å²) in [6.07, 6.45) is 3.28. The molecule has 0 spiro atoms. The lowest BCUT2D eigenvalue weighted by Crippen LogP contribution is -2.34. The molecule has 1 aromatic heterocycles. The van der Waals surface area contributed by atoms with Crippen LogP contribution in [0, 0.1) is 16.0 Å². The van der Waals surface area contributed by atoms with Crippen molar-refractivity contribution in [2.24, 2.45) is 5.92 Å². The Bertz CT molecular complexity index is 1130. The number of hydrogen-bond acceptors (Lipinski definition) is 6. The van der Waals surface area contributed by atoms with Crippen LogP contribution >= 0.6 is 23.2 Å². The van der Waals surface area contributed by atoms with Gasteiger partial charge in [-0.15, -0.1) is 0 Å². The molecule has 8 nitrogen and oxygen atoms in total. The molecule has 1 fully saturated rings. The fourth-order valence-electron chi connectivity index (χ4n) is 4.40. The van der Waals surface area contributed by atoms with Crippen molar-refractivity contribution in [2.75, 3.05) is 18.0 Å². The van der Waals surface area contributed by atoms with Crippen LogP contribution in [-0.2, 0) is 6.42 Å². The summed E-state index contributed by atoms with van der Waals surface area (Å²) < 4.78 is 7.41. The molecule has 0 aliphatic carbocycles. The van der Waals surface area contributed by atoms with Crippen molar-refractivity contribution in [3.63, 3.8) is 0 Å². The molecule has 0 saturated carbocycles. The molecular weight excluding hydrogens is 491 g/mol. The minimum atomic E-state index is -0.738. The van der Waals surface area contributed by atoms with Gasteiger partial charge in [0.05, 0.1) is 6.10 Å². The molecule has 1 saturated heterocycles. The Morgan fingerprint density at radius 3 is 2.37 bits per heavy atom. The summed E-state index contributed by atoms with van der Waals surface area (Å²) in [6.45, 7) is 3.59. The number of benzene rings is 2. The maximum atomic E-state index is 11.1. The SMILES string of the molecule is CC(O)CC(Oc1ccc(N2CCC(Cc3ccc(Cl)cc3)CC2)cc1)n1cc([N+](=O)[O-])nc1Cl. The highest BCUT2D eigenvalue weighted by atomic mass is 35.5. The van der Waals surface area contributed by atoms with Crippen molar-refractivity contribution in [3.8, 4) is 5.75 Å². The quantitative estimate of drug-likeness (QED) is 0.279. The number of rotatable bonds is 9. The van der Waals surface area contributed by atoms with Crippen LogP contribution in [-0.4, -0.2) is 38.8 Å². The van der Waals surface area contributed by atoms with Gasteiger partial charge in [0.25, 0.3) is 0 Å². The minimum absolute atomic E-state index is 0.0690. The van der Waals surface area contributed by atoms with E-state index in [0.29, 0.717) is 11.7 Å². The van der Waals surface area contributed by atoms with Gasteiger partial charge < -0.3 is 24.9 Å². The number of nitrogens with zero attached hydrogens (tertiary/aromatic N) is 4. The van der Waals surface area contributed by atoms with Crippen LogP contribution in [0.4, 0.5) is 11.5 Å². The number of aliphatic hydroxyl groups is 1. The van der Waals surface area contributed by atoms with E-state index in [1.54, 1.807) is 6.92 Å². The van der Waals surface area contributed by atoms with Crippen LogP contribution in [0.25, 0.3) is 0 Å². The Balaban J connectivity index is 1.37. The van der Waals surface area contributed by atoms with Crippen molar-refractivity contribution in [3.05, 3.63) is 80.7 Å². The number of ether oxygens (including phenoxy) is 1. The predicted molar refractivity (Wildman–Crippen MR) is 136 cm³/mol. The third kappa shape index (κ3) is 6.66. The molecule has 2 aromatic carbocycles. The van der Waals surface area contributed by atoms with E-state index >= 15 is 0 Å². The van der Waals surface area contributed by atoms with Crippen LogP contribution in [0.5, 0.6) is 5.75 Å².